The molecule has 0 bridgehead atoms. The third kappa shape index (κ3) is 3.55. The van der Waals surface area contributed by atoms with Gasteiger partial charge in [0.2, 0.25) is 0 Å². The minimum absolute atomic E-state index is 0.161. The van der Waals surface area contributed by atoms with E-state index < -0.39 is 0 Å². The molecule has 1 saturated carbocycles. The van der Waals surface area contributed by atoms with Crippen LogP contribution in [0, 0.1) is 6.92 Å². The lowest BCUT2D eigenvalue weighted by Gasteiger charge is -2.10. The molecule has 3 aromatic rings. The molecule has 1 N–H and O–H groups in total. The van der Waals surface area contributed by atoms with Crippen LogP contribution in [0.2, 0.25) is 0 Å². The molecule has 7 nitrogen and oxygen atoms in total. The van der Waals surface area contributed by atoms with Crippen LogP contribution in [-0.4, -0.2) is 30.6 Å². The summed E-state index contributed by atoms with van der Waals surface area (Å²) in [5, 5.41) is 7.02. The number of nitrogens with one attached hydrogen (secondary N) is 1. The van der Waals surface area contributed by atoms with E-state index in [4.69, 9.17) is 0 Å². The first-order valence-corrected chi connectivity index (χ1v) is 8.25. The summed E-state index contributed by atoms with van der Waals surface area (Å²) in [6, 6.07) is 7.70. The third-order valence-electron chi connectivity index (χ3n) is 4.17. The Balaban J connectivity index is 1.47. The maximum atomic E-state index is 12.6. The molecule has 0 saturated heterocycles. The minimum atomic E-state index is -0.161. The van der Waals surface area contributed by atoms with Crippen molar-refractivity contribution in [1.82, 2.24) is 24.7 Å². The molecular formula is C18H18N6O. The van der Waals surface area contributed by atoms with E-state index in [0.29, 0.717) is 23.9 Å². The summed E-state index contributed by atoms with van der Waals surface area (Å²) >= 11 is 0. The Morgan fingerprint density at radius 2 is 2.08 bits per heavy atom. The molecule has 0 spiro atoms. The summed E-state index contributed by atoms with van der Waals surface area (Å²) < 4.78 is 1.75. The van der Waals surface area contributed by atoms with Gasteiger partial charge >= 0.3 is 0 Å². The van der Waals surface area contributed by atoms with Crippen molar-refractivity contribution in [2.24, 2.45) is 0 Å². The highest BCUT2D eigenvalue weighted by molar-refractivity contribution is 6.05. The van der Waals surface area contributed by atoms with Gasteiger partial charge in [-0.2, -0.15) is 5.10 Å². The lowest BCUT2D eigenvalue weighted by Crippen LogP contribution is -2.16. The zero-order chi connectivity index (χ0) is 17.2. The van der Waals surface area contributed by atoms with Crippen molar-refractivity contribution in [3.63, 3.8) is 0 Å². The average molecular weight is 334 g/mol. The van der Waals surface area contributed by atoms with Gasteiger partial charge in [0.1, 0.15) is 18.5 Å². The van der Waals surface area contributed by atoms with E-state index >= 15 is 0 Å². The molecule has 2 heterocycles. The van der Waals surface area contributed by atoms with E-state index in [9.17, 15) is 4.79 Å². The molecular weight excluding hydrogens is 316 g/mol. The molecule has 4 rings (SSSR count). The fourth-order valence-corrected chi connectivity index (χ4v) is 2.72. The second-order valence-corrected chi connectivity index (χ2v) is 6.23. The van der Waals surface area contributed by atoms with Crippen LogP contribution in [0.4, 0.5) is 5.69 Å². The molecule has 0 aliphatic heterocycles. The summed E-state index contributed by atoms with van der Waals surface area (Å²) in [6.45, 7) is 2.49. The Morgan fingerprint density at radius 1 is 1.28 bits per heavy atom. The van der Waals surface area contributed by atoms with Crippen LogP contribution in [0.3, 0.4) is 0 Å². The van der Waals surface area contributed by atoms with Crippen molar-refractivity contribution in [3.8, 4) is 0 Å². The van der Waals surface area contributed by atoms with Crippen molar-refractivity contribution in [1.29, 1.82) is 0 Å². The number of carbonyl (C=O) groups excluding carboxylic acids is 1. The number of hydrogen-bond donors (Lipinski definition) is 1. The number of hydrogen-bond acceptors (Lipinski definition) is 5. The molecule has 0 radical (unpaired) electrons. The van der Waals surface area contributed by atoms with E-state index in [2.05, 4.69) is 25.4 Å². The molecule has 1 amide bonds. The van der Waals surface area contributed by atoms with Gasteiger partial charge in [0.25, 0.3) is 5.91 Å². The van der Waals surface area contributed by atoms with Gasteiger partial charge in [0, 0.05) is 17.8 Å². The highest BCUT2D eigenvalue weighted by Gasteiger charge is 2.30. The van der Waals surface area contributed by atoms with E-state index in [0.717, 1.165) is 29.8 Å². The molecule has 7 heteroatoms. The molecule has 1 aliphatic carbocycles. The first-order chi connectivity index (χ1) is 12.2. The van der Waals surface area contributed by atoms with Crippen molar-refractivity contribution < 1.29 is 4.79 Å². The van der Waals surface area contributed by atoms with E-state index in [1.54, 1.807) is 17.2 Å². The Hall–Kier alpha value is -3.09. The van der Waals surface area contributed by atoms with Gasteiger partial charge in [-0.1, -0.05) is 12.1 Å². The zero-order valence-corrected chi connectivity index (χ0v) is 13.9. The smallest absolute Gasteiger partial charge is 0.259 e. The minimum Gasteiger partial charge on any atom is -0.322 e. The molecule has 126 valence electrons. The predicted molar refractivity (Wildman–Crippen MR) is 92.3 cm³/mol. The summed E-state index contributed by atoms with van der Waals surface area (Å²) in [4.78, 5) is 25.2. The van der Waals surface area contributed by atoms with E-state index in [-0.39, 0.29) is 5.91 Å². The van der Waals surface area contributed by atoms with E-state index in [1.165, 1.54) is 6.33 Å². The van der Waals surface area contributed by atoms with Crippen LogP contribution in [0.1, 0.15) is 46.2 Å². The molecule has 25 heavy (non-hydrogen) atoms. The monoisotopic (exact) mass is 334 g/mol. The number of aromatic nitrogens is 5. The number of amides is 1. The SMILES string of the molecule is Cc1ncc(C(=O)Nc2ccc(Cn3cncn3)cc2)c(C2CC2)n1. The standard InChI is InChI=1S/C18H18N6O/c1-12-20-8-16(17(22-12)14-4-5-14)18(25)23-15-6-2-13(3-7-15)9-24-11-19-10-21-24/h2-3,6-8,10-11,14H,4-5,9H2,1H3,(H,23,25). The summed E-state index contributed by atoms with van der Waals surface area (Å²) in [7, 11) is 0. The average Bonchev–Trinajstić information content (AvgIpc) is 3.34. The van der Waals surface area contributed by atoms with Crippen LogP contribution >= 0.6 is 0 Å². The number of benzene rings is 1. The topological polar surface area (TPSA) is 85.6 Å². The van der Waals surface area contributed by atoms with Crippen LogP contribution in [0.15, 0.2) is 43.1 Å². The van der Waals surface area contributed by atoms with Gasteiger partial charge in [-0.3, -0.25) is 4.79 Å². The number of rotatable bonds is 5. The second kappa shape index (κ2) is 6.43. The van der Waals surface area contributed by atoms with Gasteiger partial charge in [-0.05, 0) is 37.5 Å². The molecule has 1 fully saturated rings. The Morgan fingerprint density at radius 3 is 2.76 bits per heavy atom. The lowest BCUT2D eigenvalue weighted by atomic mass is 10.1. The zero-order valence-electron chi connectivity index (χ0n) is 13.9. The maximum absolute atomic E-state index is 12.6. The molecule has 2 aromatic heterocycles. The second-order valence-electron chi connectivity index (χ2n) is 6.23. The molecule has 0 unspecified atom stereocenters. The Kier molecular flexibility index (Phi) is 3.97. The molecule has 1 aliphatic rings. The fourth-order valence-electron chi connectivity index (χ4n) is 2.72. The first kappa shape index (κ1) is 15.4. The van der Waals surface area contributed by atoms with Gasteiger partial charge in [0.15, 0.2) is 0 Å². The van der Waals surface area contributed by atoms with Crippen molar-refractivity contribution in [3.05, 3.63) is 65.8 Å². The fraction of sp³-hybridized carbons (Fsp3) is 0.278. The normalized spacial score (nSPS) is 13.6. The van der Waals surface area contributed by atoms with Crippen molar-refractivity contribution >= 4 is 11.6 Å². The highest BCUT2D eigenvalue weighted by atomic mass is 16.1. The quantitative estimate of drug-likeness (QED) is 0.775. The summed E-state index contributed by atoms with van der Waals surface area (Å²) in [5.41, 5.74) is 3.27. The maximum Gasteiger partial charge on any atom is 0.259 e. The Labute approximate surface area is 145 Å². The Bertz CT molecular complexity index is 884. The first-order valence-electron chi connectivity index (χ1n) is 8.25. The lowest BCUT2D eigenvalue weighted by molar-refractivity contribution is 0.102. The van der Waals surface area contributed by atoms with Crippen LogP contribution < -0.4 is 5.32 Å². The van der Waals surface area contributed by atoms with Gasteiger partial charge in [-0.15, -0.1) is 0 Å². The molecule has 1 aromatic carbocycles. The van der Waals surface area contributed by atoms with Gasteiger partial charge < -0.3 is 5.32 Å². The summed E-state index contributed by atoms with van der Waals surface area (Å²) in [6.07, 6.45) is 6.99. The van der Waals surface area contributed by atoms with Gasteiger partial charge in [-0.25, -0.2) is 19.6 Å². The molecule has 0 atom stereocenters. The van der Waals surface area contributed by atoms with E-state index in [1.807, 2.05) is 31.2 Å². The predicted octanol–water partition coefficient (Wildman–Crippen LogP) is 2.55. The van der Waals surface area contributed by atoms with Crippen LogP contribution in [0.25, 0.3) is 0 Å². The summed E-state index contributed by atoms with van der Waals surface area (Å²) in [5.74, 6) is 0.939. The number of aryl methyl sites for hydroxylation is 1. The van der Waals surface area contributed by atoms with Crippen LogP contribution in [0.5, 0.6) is 0 Å². The van der Waals surface area contributed by atoms with Crippen molar-refractivity contribution in [2.45, 2.75) is 32.2 Å². The van der Waals surface area contributed by atoms with Crippen molar-refractivity contribution in [2.75, 3.05) is 5.32 Å². The third-order valence-corrected chi connectivity index (χ3v) is 4.17. The number of carbonyl (C=O) groups is 1. The van der Waals surface area contributed by atoms with Gasteiger partial charge in [0.05, 0.1) is 17.8 Å². The van der Waals surface area contributed by atoms with Crippen LogP contribution in [-0.2, 0) is 6.54 Å². The largest absolute Gasteiger partial charge is 0.322 e. The highest BCUT2D eigenvalue weighted by Crippen LogP contribution is 2.40. The number of anilines is 1. The number of nitrogens with zero attached hydrogens (tertiary/aromatic N) is 5.